The summed E-state index contributed by atoms with van der Waals surface area (Å²) in [5.74, 6) is 0.997. The molecule has 0 aromatic carbocycles. The fourth-order valence-electron chi connectivity index (χ4n) is 2.94. The zero-order chi connectivity index (χ0) is 11.6. The van der Waals surface area contributed by atoms with E-state index in [4.69, 9.17) is 0 Å². The largest absolute Gasteiger partial charge is 0.351 e. The third-order valence-electron chi connectivity index (χ3n) is 4.12. The Labute approximate surface area is 98.4 Å². The predicted octanol–water partition coefficient (Wildman–Crippen LogP) is 1.82. The van der Waals surface area contributed by atoms with Crippen LogP contribution < -0.4 is 10.6 Å². The molecule has 3 heteroatoms. The van der Waals surface area contributed by atoms with Gasteiger partial charge in [-0.05, 0) is 38.1 Å². The molecule has 2 N–H and O–H groups in total. The lowest BCUT2D eigenvalue weighted by atomic mass is 9.91. The Morgan fingerprint density at radius 1 is 1.50 bits per heavy atom. The van der Waals surface area contributed by atoms with Gasteiger partial charge in [-0.15, -0.1) is 0 Å². The molecule has 1 heterocycles. The molecule has 2 rings (SSSR count). The molecule has 92 valence electrons. The van der Waals surface area contributed by atoms with Gasteiger partial charge < -0.3 is 10.6 Å². The zero-order valence-corrected chi connectivity index (χ0v) is 10.5. The summed E-state index contributed by atoms with van der Waals surface area (Å²) in [6.45, 7) is 5.35. The summed E-state index contributed by atoms with van der Waals surface area (Å²) in [6.07, 6.45) is 6.57. The highest BCUT2D eigenvalue weighted by Gasteiger charge is 2.44. The van der Waals surface area contributed by atoms with Crippen LogP contribution in [-0.4, -0.2) is 24.0 Å². The van der Waals surface area contributed by atoms with E-state index in [0.29, 0.717) is 6.04 Å². The van der Waals surface area contributed by atoms with Crippen molar-refractivity contribution in [2.45, 2.75) is 64.0 Å². The lowest BCUT2D eigenvalue weighted by Crippen LogP contribution is -2.54. The Kier molecular flexibility index (Phi) is 3.53. The van der Waals surface area contributed by atoms with E-state index in [1.165, 1.54) is 12.8 Å². The fourth-order valence-corrected chi connectivity index (χ4v) is 2.94. The van der Waals surface area contributed by atoms with Crippen LogP contribution in [0.5, 0.6) is 0 Å². The molecule has 1 saturated heterocycles. The van der Waals surface area contributed by atoms with Crippen molar-refractivity contribution in [3.8, 4) is 0 Å². The molecule has 0 spiro atoms. The van der Waals surface area contributed by atoms with Gasteiger partial charge in [0.05, 0.1) is 5.54 Å². The molecule has 1 amide bonds. The Bertz CT molecular complexity index is 259. The number of amides is 1. The summed E-state index contributed by atoms with van der Waals surface area (Å²) < 4.78 is 0. The van der Waals surface area contributed by atoms with Crippen LogP contribution in [0.2, 0.25) is 0 Å². The minimum absolute atomic E-state index is 0.240. The molecule has 3 atom stereocenters. The van der Waals surface area contributed by atoms with Gasteiger partial charge in [0.1, 0.15) is 0 Å². The lowest BCUT2D eigenvalue weighted by molar-refractivity contribution is -0.127. The molecule has 3 nitrogen and oxygen atoms in total. The third-order valence-corrected chi connectivity index (χ3v) is 4.12. The van der Waals surface area contributed by atoms with Gasteiger partial charge in [0.25, 0.3) is 0 Å². The Balaban J connectivity index is 1.90. The molecule has 0 bridgehead atoms. The van der Waals surface area contributed by atoms with Crippen LogP contribution in [0.15, 0.2) is 0 Å². The summed E-state index contributed by atoms with van der Waals surface area (Å²) in [6, 6.07) is 0.466. The minimum Gasteiger partial charge on any atom is -0.351 e. The van der Waals surface area contributed by atoms with Crippen LogP contribution in [0.25, 0.3) is 0 Å². The molecular formula is C13H24N2O. The number of hydrogen-bond acceptors (Lipinski definition) is 2. The second-order valence-electron chi connectivity index (χ2n) is 5.35. The maximum absolute atomic E-state index is 12.3. The molecule has 0 radical (unpaired) electrons. The maximum atomic E-state index is 12.3. The van der Waals surface area contributed by atoms with Gasteiger partial charge in [0, 0.05) is 6.04 Å². The van der Waals surface area contributed by atoms with Crippen molar-refractivity contribution in [1.29, 1.82) is 0 Å². The fraction of sp³-hybridized carbons (Fsp3) is 0.923. The van der Waals surface area contributed by atoms with E-state index < -0.39 is 0 Å². The molecule has 0 aromatic heterocycles. The number of nitrogens with one attached hydrogen (secondary N) is 2. The van der Waals surface area contributed by atoms with Crippen molar-refractivity contribution >= 4 is 5.91 Å². The van der Waals surface area contributed by atoms with Gasteiger partial charge in [0.15, 0.2) is 0 Å². The molecular weight excluding hydrogens is 200 g/mol. The van der Waals surface area contributed by atoms with Crippen molar-refractivity contribution in [3.63, 3.8) is 0 Å². The maximum Gasteiger partial charge on any atom is 0.240 e. The molecule has 3 unspecified atom stereocenters. The molecule has 1 aliphatic carbocycles. The van der Waals surface area contributed by atoms with Crippen molar-refractivity contribution in [2.24, 2.45) is 5.92 Å². The van der Waals surface area contributed by atoms with Crippen LogP contribution in [0.1, 0.15) is 52.4 Å². The molecule has 0 aromatic rings. The zero-order valence-electron chi connectivity index (χ0n) is 10.5. The van der Waals surface area contributed by atoms with Gasteiger partial charge in [0.2, 0.25) is 5.91 Å². The standard InChI is InChI=1S/C13H24N2O/c1-3-6-13(7-5-8-14-13)12(16)15-11-9-10(11)4-2/h10-11,14H,3-9H2,1-2H3,(H,15,16). The number of hydrogen-bond donors (Lipinski definition) is 2. The van der Waals surface area contributed by atoms with E-state index in [1.807, 2.05) is 0 Å². The second-order valence-corrected chi connectivity index (χ2v) is 5.35. The van der Waals surface area contributed by atoms with Crippen LogP contribution >= 0.6 is 0 Å². The van der Waals surface area contributed by atoms with Gasteiger partial charge in [-0.2, -0.15) is 0 Å². The SMILES string of the molecule is CCCC1(C(=O)NC2CC2CC)CCCN1. The first-order valence-electron chi connectivity index (χ1n) is 6.78. The van der Waals surface area contributed by atoms with Crippen molar-refractivity contribution in [3.05, 3.63) is 0 Å². The Hall–Kier alpha value is -0.570. The molecule has 2 aliphatic rings. The average molecular weight is 224 g/mol. The lowest BCUT2D eigenvalue weighted by Gasteiger charge is -2.28. The Morgan fingerprint density at radius 2 is 2.31 bits per heavy atom. The van der Waals surface area contributed by atoms with Gasteiger partial charge in [-0.25, -0.2) is 0 Å². The predicted molar refractivity (Wildman–Crippen MR) is 65.2 cm³/mol. The summed E-state index contributed by atoms with van der Waals surface area (Å²) in [4.78, 5) is 12.3. The molecule has 16 heavy (non-hydrogen) atoms. The van der Waals surface area contributed by atoms with Crippen LogP contribution in [0.4, 0.5) is 0 Å². The topological polar surface area (TPSA) is 41.1 Å². The third kappa shape index (κ3) is 2.24. The molecule has 1 aliphatic heterocycles. The van der Waals surface area contributed by atoms with E-state index in [2.05, 4.69) is 24.5 Å². The van der Waals surface area contributed by atoms with Crippen LogP contribution in [-0.2, 0) is 4.79 Å². The van der Waals surface area contributed by atoms with E-state index in [9.17, 15) is 4.79 Å². The highest BCUT2D eigenvalue weighted by atomic mass is 16.2. The summed E-state index contributed by atoms with van der Waals surface area (Å²) in [5.41, 5.74) is -0.240. The smallest absolute Gasteiger partial charge is 0.240 e. The highest BCUT2D eigenvalue weighted by Crippen LogP contribution is 2.34. The van der Waals surface area contributed by atoms with Crippen LogP contribution in [0.3, 0.4) is 0 Å². The van der Waals surface area contributed by atoms with E-state index >= 15 is 0 Å². The van der Waals surface area contributed by atoms with E-state index in [0.717, 1.165) is 38.1 Å². The van der Waals surface area contributed by atoms with Gasteiger partial charge in [-0.3, -0.25) is 4.79 Å². The second kappa shape index (κ2) is 4.74. The number of carbonyl (C=O) groups excluding carboxylic acids is 1. The quantitative estimate of drug-likeness (QED) is 0.748. The first-order valence-corrected chi connectivity index (χ1v) is 6.78. The van der Waals surface area contributed by atoms with Gasteiger partial charge in [-0.1, -0.05) is 26.7 Å². The molecule has 2 fully saturated rings. The number of rotatable bonds is 5. The summed E-state index contributed by atoms with van der Waals surface area (Å²) in [5, 5.41) is 6.65. The summed E-state index contributed by atoms with van der Waals surface area (Å²) >= 11 is 0. The van der Waals surface area contributed by atoms with E-state index in [-0.39, 0.29) is 11.4 Å². The minimum atomic E-state index is -0.240. The van der Waals surface area contributed by atoms with Crippen LogP contribution in [0, 0.1) is 5.92 Å². The molecule has 1 saturated carbocycles. The first-order chi connectivity index (χ1) is 7.72. The van der Waals surface area contributed by atoms with Gasteiger partial charge >= 0.3 is 0 Å². The highest BCUT2D eigenvalue weighted by molar-refractivity contribution is 5.87. The van der Waals surface area contributed by atoms with Crippen molar-refractivity contribution in [1.82, 2.24) is 10.6 Å². The Morgan fingerprint density at radius 3 is 2.81 bits per heavy atom. The van der Waals surface area contributed by atoms with E-state index in [1.54, 1.807) is 0 Å². The number of carbonyl (C=O) groups is 1. The average Bonchev–Trinajstić information content (AvgIpc) is 2.85. The first kappa shape index (κ1) is 11.9. The normalized spacial score (nSPS) is 37.4. The van der Waals surface area contributed by atoms with Crippen molar-refractivity contribution in [2.75, 3.05) is 6.54 Å². The summed E-state index contributed by atoms with van der Waals surface area (Å²) in [7, 11) is 0. The van der Waals surface area contributed by atoms with Crippen molar-refractivity contribution < 1.29 is 4.79 Å². The monoisotopic (exact) mass is 224 g/mol.